The minimum absolute atomic E-state index is 0.0905. The number of aromatic nitrogens is 5. The Bertz CT molecular complexity index is 734. The molecule has 2 aromatic heterocycles. The zero-order chi connectivity index (χ0) is 13.4. The molecular weight excluding hydrogens is 251 g/mol. The fourth-order valence-corrected chi connectivity index (χ4v) is 1.68. The lowest BCUT2D eigenvalue weighted by Crippen LogP contribution is -1.88. The van der Waals surface area contributed by atoms with E-state index in [1.807, 2.05) is 0 Å². The number of nitrogens with two attached hydrogens (primary N) is 1. The van der Waals surface area contributed by atoms with Crippen molar-refractivity contribution in [3.8, 4) is 23.1 Å². The van der Waals surface area contributed by atoms with E-state index in [4.69, 9.17) is 10.3 Å². The minimum atomic E-state index is -0.312. The average Bonchev–Trinajstić information content (AvgIpc) is 2.97. The first-order valence-electron chi connectivity index (χ1n) is 5.42. The lowest BCUT2D eigenvalue weighted by Gasteiger charge is -1.99. The van der Waals surface area contributed by atoms with Gasteiger partial charge < -0.3 is 10.3 Å². The summed E-state index contributed by atoms with van der Waals surface area (Å²) < 4.78 is 18.1. The summed E-state index contributed by atoms with van der Waals surface area (Å²) in [6.07, 6.45) is 0. The van der Waals surface area contributed by atoms with Crippen LogP contribution in [0.1, 0.15) is 5.56 Å². The van der Waals surface area contributed by atoms with Gasteiger partial charge in [0.05, 0.1) is 0 Å². The Morgan fingerprint density at radius 1 is 1.32 bits per heavy atom. The van der Waals surface area contributed by atoms with Gasteiger partial charge in [0.1, 0.15) is 5.82 Å². The summed E-state index contributed by atoms with van der Waals surface area (Å²) in [7, 11) is 0. The van der Waals surface area contributed by atoms with Crippen molar-refractivity contribution < 1.29 is 8.91 Å². The van der Waals surface area contributed by atoms with E-state index in [2.05, 4.69) is 25.3 Å². The van der Waals surface area contributed by atoms with Crippen LogP contribution in [0.4, 0.5) is 10.3 Å². The standard InChI is InChI=1S/C11H9FN6O/c1-5-4-6(12)2-3-7(5)8-14-10(19-18-8)9-15-11(13)17-16-9/h2-4H,1H3,(H3,13,15,16,17). The molecule has 0 saturated carbocycles. The quantitative estimate of drug-likeness (QED) is 0.724. The first-order chi connectivity index (χ1) is 9.13. The number of hydrogen-bond acceptors (Lipinski definition) is 6. The molecule has 19 heavy (non-hydrogen) atoms. The van der Waals surface area contributed by atoms with E-state index < -0.39 is 0 Å². The van der Waals surface area contributed by atoms with Crippen molar-refractivity contribution in [1.29, 1.82) is 0 Å². The maximum Gasteiger partial charge on any atom is 0.295 e. The Balaban J connectivity index is 2.01. The highest BCUT2D eigenvalue weighted by Crippen LogP contribution is 2.23. The van der Waals surface area contributed by atoms with E-state index >= 15 is 0 Å². The fraction of sp³-hybridized carbons (Fsp3) is 0.0909. The van der Waals surface area contributed by atoms with Crippen LogP contribution in [-0.4, -0.2) is 25.3 Å². The third-order valence-electron chi connectivity index (χ3n) is 2.56. The van der Waals surface area contributed by atoms with Gasteiger partial charge in [0, 0.05) is 5.56 Å². The van der Waals surface area contributed by atoms with Gasteiger partial charge >= 0.3 is 0 Å². The molecule has 0 atom stereocenters. The first-order valence-corrected chi connectivity index (χ1v) is 5.42. The third-order valence-corrected chi connectivity index (χ3v) is 2.56. The van der Waals surface area contributed by atoms with Crippen molar-refractivity contribution in [2.24, 2.45) is 0 Å². The molecule has 8 heteroatoms. The molecule has 0 unspecified atom stereocenters. The van der Waals surface area contributed by atoms with Gasteiger partial charge in [0.15, 0.2) is 0 Å². The molecule has 96 valence electrons. The van der Waals surface area contributed by atoms with Crippen molar-refractivity contribution in [3.63, 3.8) is 0 Å². The fourth-order valence-electron chi connectivity index (χ4n) is 1.68. The molecule has 0 amide bonds. The van der Waals surface area contributed by atoms with Crippen LogP contribution in [0.2, 0.25) is 0 Å². The lowest BCUT2D eigenvalue weighted by molar-refractivity contribution is 0.429. The maximum absolute atomic E-state index is 13.0. The van der Waals surface area contributed by atoms with Crippen LogP contribution in [-0.2, 0) is 0 Å². The Hall–Kier alpha value is -2.77. The van der Waals surface area contributed by atoms with Crippen molar-refractivity contribution in [2.45, 2.75) is 6.92 Å². The molecule has 0 aliphatic heterocycles. The van der Waals surface area contributed by atoms with Gasteiger partial charge in [-0.25, -0.2) is 4.39 Å². The van der Waals surface area contributed by atoms with Crippen molar-refractivity contribution >= 4 is 5.95 Å². The normalized spacial score (nSPS) is 10.8. The molecular formula is C11H9FN6O. The van der Waals surface area contributed by atoms with E-state index in [0.29, 0.717) is 17.0 Å². The minimum Gasteiger partial charge on any atom is -0.366 e. The number of halogens is 1. The number of nitrogens with zero attached hydrogens (tertiary/aromatic N) is 4. The summed E-state index contributed by atoms with van der Waals surface area (Å²) in [6.45, 7) is 1.76. The number of H-pyrrole nitrogens is 1. The predicted molar refractivity (Wildman–Crippen MR) is 64.2 cm³/mol. The van der Waals surface area contributed by atoms with E-state index in [1.54, 1.807) is 13.0 Å². The highest BCUT2D eigenvalue weighted by atomic mass is 19.1. The summed E-state index contributed by atoms with van der Waals surface area (Å²) in [4.78, 5) is 8.04. The van der Waals surface area contributed by atoms with E-state index in [0.717, 1.165) is 0 Å². The summed E-state index contributed by atoms with van der Waals surface area (Å²) in [5.74, 6) is 0.585. The molecule has 0 fully saturated rings. The van der Waals surface area contributed by atoms with E-state index in [9.17, 15) is 4.39 Å². The third kappa shape index (κ3) is 2.03. The molecule has 0 spiro atoms. The van der Waals surface area contributed by atoms with Gasteiger partial charge in [0.2, 0.25) is 17.6 Å². The summed E-state index contributed by atoms with van der Waals surface area (Å²) in [6, 6.07) is 4.33. The van der Waals surface area contributed by atoms with E-state index in [-0.39, 0.29) is 23.5 Å². The number of rotatable bonds is 2. The Kier molecular flexibility index (Phi) is 2.48. The number of aryl methyl sites for hydroxylation is 1. The van der Waals surface area contributed by atoms with Crippen LogP contribution >= 0.6 is 0 Å². The average molecular weight is 260 g/mol. The van der Waals surface area contributed by atoms with Gasteiger partial charge in [-0.2, -0.15) is 9.97 Å². The second kappa shape index (κ2) is 4.16. The van der Waals surface area contributed by atoms with Crippen LogP contribution in [0, 0.1) is 12.7 Å². The molecule has 0 aliphatic carbocycles. The summed E-state index contributed by atoms with van der Waals surface area (Å²) in [5, 5.41) is 10.1. The summed E-state index contributed by atoms with van der Waals surface area (Å²) in [5.41, 5.74) is 6.79. The van der Waals surface area contributed by atoms with Crippen LogP contribution in [0.3, 0.4) is 0 Å². The monoisotopic (exact) mass is 260 g/mol. The number of nitrogens with one attached hydrogen (secondary N) is 1. The van der Waals surface area contributed by atoms with Gasteiger partial charge in [-0.3, -0.25) is 5.10 Å². The smallest absolute Gasteiger partial charge is 0.295 e. The van der Waals surface area contributed by atoms with Gasteiger partial charge in [-0.15, -0.1) is 5.10 Å². The zero-order valence-electron chi connectivity index (χ0n) is 9.88. The van der Waals surface area contributed by atoms with Crippen molar-refractivity contribution in [2.75, 3.05) is 5.73 Å². The molecule has 0 radical (unpaired) electrons. The predicted octanol–water partition coefficient (Wildman–Crippen LogP) is 1.55. The van der Waals surface area contributed by atoms with Crippen molar-refractivity contribution in [3.05, 3.63) is 29.6 Å². The lowest BCUT2D eigenvalue weighted by atomic mass is 10.1. The number of anilines is 1. The molecule has 3 N–H and O–H groups in total. The molecule has 3 rings (SSSR count). The maximum atomic E-state index is 13.0. The molecule has 2 heterocycles. The Morgan fingerprint density at radius 2 is 2.16 bits per heavy atom. The molecule has 0 aliphatic rings. The van der Waals surface area contributed by atoms with Crippen LogP contribution < -0.4 is 5.73 Å². The Morgan fingerprint density at radius 3 is 2.84 bits per heavy atom. The van der Waals surface area contributed by atoms with Crippen LogP contribution in [0.25, 0.3) is 23.1 Å². The number of nitrogen functional groups attached to an aromatic ring is 1. The van der Waals surface area contributed by atoms with Crippen molar-refractivity contribution in [1.82, 2.24) is 25.3 Å². The Labute approximate surface area is 106 Å². The number of aromatic amines is 1. The number of benzene rings is 1. The molecule has 0 bridgehead atoms. The first kappa shape index (κ1) is 11.3. The highest BCUT2D eigenvalue weighted by Gasteiger charge is 2.15. The van der Waals surface area contributed by atoms with Crippen LogP contribution in [0.5, 0.6) is 0 Å². The second-order valence-electron chi connectivity index (χ2n) is 3.92. The van der Waals surface area contributed by atoms with Crippen LogP contribution in [0.15, 0.2) is 22.7 Å². The summed E-state index contributed by atoms with van der Waals surface area (Å²) >= 11 is 0. The second-order valence-corrected chi connectivity index (χ2v) is 3.92. The molecule has 0 saturated heterocycles. The SMILES string of the molecule is Cc1cc(F)ccc1-c1noc(-c2nc(N)n[nH]2)n1. The molecule has 7 nitrogen and oxygen atoms in total. The highest BCUT2D eigenvalue weighted by molar-refractivity contribution is 5.61. The molecule has 1 aromatic carbocycles. The number of hydrogen-bond donors (Lipinski definition) is 2. The topological polar surface area (TPSA) is 107 Å². The van der Waals surface area contributed by atoms with Gasteiger partial charge in [0.25, 0.3) is 5.89 Å². The van der Waals surface area contributed by atoms with Gasteiger partial charge in [-0.1, -0.05) is 5.16 Å². The van der Waals surface area contributed by atoms with E-state index in [1.165, 1.54) is 12.1 Å². The largest absolute Gasteiger partial charge is 0.366 e. The zero-order valence-corrected chi connectivity index (χ0v) is 9.88. The molecule has 3 aromatic rings. The van der Waals surface area contributed by atoms with Gasteiger partial charge in [-0.05, 0) is 30.7 Å².